The molecule has 1 aliphatic rings. The first-order chi connectivity index (χ1) is 17.7. The minimum atomic E-state index is -0.605. The summed E-state index contributed by atoms with van der Waals surface area (Å²) in [6.07, 6.45) is 1.84. The van der Waals surface area contributed by atoms with Crippen LogP contribution in [0.15, 0.2) is 62.8 Å². The van der Waals surface area contributed by atoms with Crippen molar-refractivity contribution in [3.63, 3.8) is 0 Å². The van der Waals surface area contributed by atoms with E-state index in [0.29, 0.717) is 20.6 Å². The van der Waals surface area contributed by atoms with Gasteiger partial charge in [0.15, 0.2) is 4.80 Å². The number of benzene rings is 1. The molecule has 0 fully saturated rings. The lowest BCUT2D eigenvalue weighted by Gasteiger charge is -2.23. The van der Waals surface area contributed by atoms with Gasteiger partial charge in [-0.25, -0.2) is 14.2 Å². The Morgan fingerprint density at radius 3 is 2.70 bits per heavy atom. The Hall–Kier alpha value is -3.27. The number of esters is 1. The zero-order valence-electron chi connectivity index (χ0n) is 20.5. The fourth-order valence-electron chi connectivity index (χ4n) is 4.60. The van der Waals surface area contributed by atoms with E-state index in [4.69, 9.17) is 16.3 Å². The van der Waals surface area contributed by atoms with Crippen molar-refractivity contribution < 1.29 is 13.9 Å². The van der Waals surface area contributed by atoms with Gasteiger partial charge in [0.2, 0.25) is 0 Å². The van der Waals surface area contributed by atoms with Crippen LogP contribution in [-0.2, 0) is 9.53 Å². The average molecular weight is 556 g/mol. The van der Waals surface area contributed by atoms with Crippen LogP contribution in [0.3, 0.4) is 0 Å². The SMILES string of the molecule is CCOC(=O)C1=C(C)N=c2sc(=Cc3cc(C)n(-c4ccc(F)c(Cl)c4)c3C)c(=O)n2C1c1cccs1. The molecular weight excluding hydrogens is 533 g/mol. The van der Waals surface area contributed by atoms with E-state index in [1.807, 2.05) is 48.1 Å². The third-order valence-electron chi connectivity index (χ3n) is 6.25. The Morgan fingerprint density at radius 1 is 1.24 bits per heavy atom. The predicted molar refractivity (Wildman–Crippen MR) is 145 cm³/mol. The van der Waals surface area contributed by atoms with Gasteiger partial charge in [-0.15, -0.1) is 11.3 Å². The molecule has 0 spiro atoms. The Balaban J connectivity index is 1.67. The molecule has 0 saturated carbocycles. The second kappa shape index (κ2) is 9.89. The molecule has 190 valence electrons. The summed E-state index contributed by atoms with van der Waals surface area (Å²) in [4.78, 5) is 32.7. The predicted octanol–water partition coefficient (Wildman–Crippen LogP) is 5.06. The highest BCUT2D eigenvalue weighted by atomic mass is 35.5. The van der Waals surface area contributed by atoms with E-state index in [1.165, 1.54) is 28.7 Å². The summed E-state index contributed by atoms with van der Waals surface area (Å²) in [5, 5.41) is 1.96. The standard InChI is InChI=1S/C27H23ClFN3O3S2/c1-5-35-26(34)23-15(3)30-27-32(24(23)21-7-6-10-36-21)25(33)22(37-27)12-17-11-14(2)31(16(17)4)18-8-9-20(29)19(28)13-18/h6-13,24H,5H2,1-4H3. The maximum atomic E-state index is 13.8. The van der Waals surface area contributed by atoms with Gasteiger partial charge in [0.1, 0.15) is 11.9 Å². The maximum absolute atomic E-state index is 13.8. The minimum absolute atomic E-state index is 0.0428. The number of nitrogens with zero attached hydrogens (tertiary/aromatic N) is 3. The van der Waals surface area contributed by atoms with Gasteiger partial charge in [-0.1, -0.05) is 29.0 Å². The number of allylic oxidation sites excluding steroid dienone is 1. The van der Waals surface area contributed by atoms with Crippen LogP contribution in [0.25, 0.3) is 11.8 Å². The van der Waals surface area contributed by atoms with Crippen LogP contribution in [-0.4, -0.2) is 21.7 Å². The normalized spacial score (nSPS) is 15.6. The molecule has 1 atom stereocenters. The van der Waals surface area contributed by atoms with Crippen LogP contribution in [0.1, 0.15) is 41.7 Å². The van der Waals surface area contributed by atoms with Gasteiger partial charge in [0, 0.05) is 22.0 Å². The molecule has 0 radical (unpaired) electrons. The number of aromatic nitrogens is 2. The average Bonchev–Trinajstić information content (AvgIpc) is 3.55. The molecule has 37 heavy (non-hydrogen) atoms. The van der Waals surface area contributed by atoms with Gasteiger partial charge in [-0.05, 0) is 75.0 Å². The highest BCUT2D eigenvalue weighted by molar-refractivity contribution is 7.10. The molecule has 1 aliphatic heterocycles. The van der Waals surface area contributed by atoms with Gasteiger partial charge in [-0.2, -0.15) is 0 Å². The van der Waals surface area contributed by atoms with E-state index < -0.39 is 17.8 Å². The lowest BCUT2D eigenvalue weighted by atomic mass is 10.0. The first-order valence-electron chi connectivity index (χ1n) is 11.6. The van der Waals surface area contributed by atoms with Gasteiger partial charge < -0.3 is 9.30 Å². The number of ether oxygens (including phenoxy) is 1. The molecule has 0 amide bonds. The second-order valence-corrected chi connectivity index (χ2v) is 11.0. The molecule has 1 unspecified atom stereocenters. The first-order valence-corrected chi connectivity index (χ1v) is 13.7. The fourth-order valence-corrected chi connectivity index (χ4v) is 6.64. The minimum Gasteiger partial charge on any atom is -0.463 e. The molecular formula is C27H23ClFN3O3S2. The van der Waals surface area contributed by atoms with Crippen LogP contribution < -0.4 is 14.9 Å². The van der Waals surface area contributed by atoms with Crippen LogP contribution in [0.5, 0.6) is 0 Å². The van der Waals surface area contributed by atoms with E-state index in [2.05, 4.69) is 4.99 Å². The fraction of sp³-hybridized carbons (Fsp3) is 0.222. The molecule has 10 heteroatoms. The molecule has 0 aliphatic carbocycles. The summed E-state index contributed by atoms with van der Waals surface area (Å²) in [5.74, 6) is -0.954. The topological polar surface area (TPSA) is 65.6 Å². The van der Waals surface area contributed by atoms with E-state index in [-0.39, 0.29) is 17.2 Å². The number of aryl methyl sites for hydroxylation is 1. The number of thiophene rings is 1. The molecule has 1 aromatic carbocycles. The largest absolute Gasteiger partial charge is 0.463 e. The Bertz CT molecular complexity index is 1750. The number of hydrogen-bond donors (Lipinski definition) is 0. The Kier molecular flexibility index (Phi) is 6.78. The molecule has 4 heterocycles. The van der Waals surface area contributed by atoms with Crippen molar-refractivity contribution in [2.24, 2.45) is 4.99 Å². The second-order valence-electron chi connectivity index (χ2n) is 8.58. The van der Waals surface area contributed by atoms with E-state index in [1.54, 1.807) is 30.5 Å². The summed E-state index contributed by atoms with van der Waals surface area (Å²) >= 11 is 8.77. The Labute approximate surface area is 225 Å². The van der Waals surface area contributed by atoms with Gasteiger partial charge in [0.25, 0.3) is 5.56 Å². The van der Waals surface area contributed by atoms with Crippen molar-refractivity contribution in [1.29, 1.82) is 0 Å². The monoisotopic (exact) mass is 555 g/mol. The number of fused-ring (bicyclic) bond motifs is 1. The molecule has 3 aromatic heterocycles. The molecule has 0 bridgehead atoms. The van der Waals surface area contributed by atoms with Crippen molar-refractivity contribution in [1.82, 2.24) is 9.13 Å². The first kappa shape index (κ1) is 25.4. The molecule has 5 rings (SSSR count). The Morgan fingerprint density at radius 2 is 2.03 bits per heavy atom. The van der Waals surface area contributed by atoms with Crippen molar-refractivity contribution >= 4 is 46.3 Å². The van der Waals surface area contributed by atoms with Crippen molar-refractivity contribution in [2.45, 2.75) is 33.7 Å². The molecule has 0 N–H and O–H groups in total. The van der Waals surface area contributed by atoms with E-state index in [0.717, 1.165) is 27.5 Å². The zero-order valence-corrected chi connectivity index (χ0v) is 22.9. The van der Waals surface area contributed by atoms with Crippen LogP contribution in [0.4, 0.5) is 4.39 Å². The highest BCUT2D eigenvalue weighted by Gasteiger charge is 2.33. The highest BCUT2D eigenvalue weighted by Crippen LogP contribution is 2.33. The zero-order chi connectivity index (χ0) is 26.4. The van der Waals surface area contributed by atoms with Crippen LogP contribution >= 0.6 is 34.3 Å². The summed E-state index contributed by atoms with van der Waals surface area (Å²) in [5.41, 5.74) is 4.05. The van der Waals surface area contributed by atoms with E-state index >= 15 is 0 Å². The van der Waals surface area contributed by atoms with Gasteiger partial charge >= 0.3 is 5.97 Å². The van der Waals surface area contributed by atoms with Crippen molar-refractivity contribution in [3.8, 4) is 5.69 Å². The number of halogens is 2. The lowest BCUT2D eigenvalue weighted by Crippen LogP contribution is -2.39. The van der Waals surface area contributed by atoms with Crippen LogP contribution in [0.2, 0.25) is 5.02 Å². The number of carbonyl (C=O) groups is 1. The number of carbonyl (C=O) groups excluding carboxylic acids is 1. The molecule has 6 nitrogen and oxygen atoms in total. The van der Waals surface area contributed by atoms with Crippen molar-refractivity contribution in [2.75, 3.05) is 6.61 Å². The number of rotatable bonds is 5. The third-order valence-corrected chi connectivity index (χ3v) is 8.45. The van der Waals surface area contributed by atoms with Crippen molar-refractivity contribution in [3.05, 3.63) is 105 Å². The summed E-state index contributed by atoms with van der Waals surface area (Å²) in [6.45, 7) is 7.62. The number of hydrogen-bond acceptors (Lipinski definition) is 6. The van der Waals surface area contributed by atoms with E-state index in [9.17, 15) is 14.0 Å². The third kappa shape index (κ3) is 4.41. The maximum Gasteiger partial charge on any atom is 0.338 e. The molecule has 4 aromatic rings. The summed E-state index contributed by atoms with van der Waals surface area (Å²) < 4.78 is 23.1. The molecule has 0 saturated heterocycles. The van der Waals surface area contributed by atoms with Gasteiger partial charge in [0.05, 0.1) is 27.4 Å². The lowest BCUT2D eigenvalue weighted by molar-refractivity contribution is -0.139. The smallest absolute Gasteiger partial charge is 0.338 e. The summed E-state index contributed by atoms with van der Waals surface area (Å²) in [7, 11) is 0. The summed E-state index contributed by atoms with van der Waals surface area (Å²) in [6, 6.07) is 9.75. The number of thiazole rings is 1. The van der Waals surface area contributed by atoms with Gasteiger partial charge in [-0.3, -0.25) is 9.36 Å². The quantitative estimate of drug-likeness (QED) is 0.323. The van der Waals surface area contributed by atoms with Crippen LogP contribution in [0, 0.1) is 19.7 Å².